The fourth-order valence-corrected chi connectivity index (χ4v) is 2.78. The van der Waals surface area contributed by atoms with E-state index >= 15 is 0 Å². The summed E-state index contributed by atoms with van der Waals surface area (Å²) in [5.41, 5.74) is 0. The fourth-order valence-electron chi connectivity index (χ4n) is 2.78. The van der Waals surface area contributed by atoms with Gasteiger partial charge in [0.2, 0.25) is 17.7 Å². The first-order chi connectivity index (χ1) is 9.00. The maximum atomic E-state index is 12.5. The molecule has 0 bridgehead atoms. The SMILES string of the molecule is CC(=O)N1CCCC(C(=O)N2CCNC(=O)C2C)C1. The number of nitrogens with zero attached hydrogens (tertiary/aromatic N) is 2. The van der Waals surface area contributed by atoms with Gasteiger partial charge in [0.15, 0.2) is 0 Å². The average molecular weight is 267 g/mol. The van der Waals surface area contributed by atoms with Crippen LogP contribution in [0.2, 0.25) is 0 Å². The number of amides is 3. The molecule has 6 heteroatoms. The second kappa shape index (κ2) is 5.59. The number of carbonyl (C=O) groups excluding carboxylic acids is 3. The van der Waals surface area contributed by atoms with Crippen LogP contribution in [0.4, 0.5) is 0 Å². The highest BCUT2D eigenvalue weighted by Gasteiger charge is 2.35. The van der Waals surface area contributed by atoms with Gasteiger partial charge in [-0.05, 0) is 19.8 Å². The molecule has 2 rings (SSSR count). The smallest absolute Gasteiger partial charge is 0.242 e. The van der Waals surface area contributed by atoms with Gasteiger partial charge in [0, 0.05) is 33.1 Å². The Morgan fingerprint density at radius 3 is 2.74 bits per heavy atom. The molecule has 0 aromatic heterocycles. The van der Waals surface area contributed by atoms with Crippen molar-refractivity contribution in [1.82, 2.24) is 15.1 Å². The molecular formula is C13H21N3O3. The number of hydrogen-bond acceptors (Lipinski definition) is 3. The Labute approximate surface area is 113 Å². The first-order valence-electron chi connectivity index (χ1n) is 6.84. The molecule has 2 unspecified atom stereocenters. The largest absolute Gasteiger partial charge is 0.353 e. The zero-order valence-corrected chi connectivity index (χ0v) is 11.5. The monoisotopic (exact) mass is 267 g/mol. The molecule has 2 saturated heterocycles. The van der Waals surface area contributed by atoms with Crippen LogP contribution in [0.25, 0.3) is 0 Å². The quantitative estimate of drug-likeness (QED) is 0.702. The van der Waals surface area contributed by atoms with Crippen LogP contribution in [0.1, 0.15) is 26.7 Å². The molecule has 0 aromatic rings. The lowest BCUT2D eigenvalue weighted by atomic mass is 9.95. The Kier molecular flexibility index (Phi) is 4.07. The van der Waals surface area contributed by atoms with Crippen molar-refractivity contribution in [1.29, 1.82) is 0 Å². The van der Waals surface area contributed by atoms with Crippen LogP contribution in [-0.4, -0.2) is 59.7 Å². The predicted octanol–water partition coefficient (Wildman–Crippen LogP) is -0.408. The standard InChI is InChI=1S/C13H21N3O3/c1-9-12(18)14-5-7-16(9)13(19)11-4-3-6-15(8-11)10(2)17/h9,11H,3-8H2,1-2H3,(H,14,18). The van der Waals surface area contributed by atoms with Gasteiger partial charge in [-0.1, -0.05) is 0 Å². The number of rotatable bonds is 1. The molecule has 1 N–H and O–H groups in total. The average Bonchev–Trinajstić information content (AvgIpc) is 2.41. The van der Waals surface area contributed by atoms with Crippen molar-refractivity contribution in [2.75, 3.05) is 26.2 Å². The van der Waals surface area contributed by atoms with E-state index in [1.807, 2.05) is 0 Å². The molecule has 106 valence electrons. The lowest BCUT2D eigenvalue weighted by molar-refractivity contribution is -0.148. The van der Waals surface area contributed by atoms with Crippen molar-refractivity contribution in [3.63, 3.8) is 0 Å². The lowest BCUT2D eigenvalue weighted by Gasteiger charge is -2.38. The maximum Gasteiger partial charge on any atom is 0.242 e. The molecular weight excluding hydrogens is 246 g/mol. The van der Waals surface area contributed by atoms with Crippen LogP contribution >= 0.6 is 0 Å². The number of likely N-dealkylation sites (tertiary alicyclic amines) is 1. The van der Waals surface area contributed by atoms with E-state index in [1.54, 1.807) is 16.7 Å². The summed E-state index contributed by atoms with van der Waals surface area (Å²) in [6, 6.07) is -0.408. The molecule has 0 aliphatic carbocycles. The third kappa shape index (κ3) is 2.88. The summed E-state index contributed by atoms with van der Waals surface area (Å²) in [5.74, 6) is -0.236. The molecule has 2 fully saturated rings. The Morgan fingerprint density at radius 2 is 2.05 bits per heavy atom. The van der Waals surface area contributed by atoms with Gasteiger partial charge >= 0.3 is 0 Å². The van der Waals surface area contributed by atoms with Crippen LogP contribution in [0.5, 0.6) is 0 Å². The fraction of sp³-hybridized carbons (Fsp3) is 0.769. The number of piperazine rings is 1. The topological polar surface area (TPSA) is 69.7 Å². The van der Waals surface area contributed by atoms with Crippen LogP contribution in [0, 0.1) is 5.92 Å². The molecule has 2 aliphatic heterocycles. The molecule has 19 heavy (non-hydrogen) atoms. The number of carbonyl (C=O) groups is 3. The summed E-state index contributed by atoms with van der Waals surface area (Å²) in [5, 5.41) is 2.75. The highest BCUT2D eigenvalue weighted by Crippen LogP contribution is 2.20. The minimum Gasteiger partial charge on any atom is -0.353 e. The zero-order valence-electron chi connectivity index (χ0n) is 11.5. The van der Waals surface area contributed by atoms with Gasteiger partial charge in [-0.3, -0.25) is 14.4 Å². The third-order valence-corrected chi connectivity index (χ3v) is 4.00. The molecule has 0 aromatic carbocycles. The van der Waals surface area contributed by atoms with E-state index in [-0.39, 0.29) is 23.6 Å². The normalized spacial score (nSPS) is 28.0. The van der Waals surface area contributed by atoms with Gasteiger partial charge in [0.25, 0.3) is 0 Å². The highest BCUT2D eigenvalue weighted by molar-refractivity contribution is 5.89. The summed E-state index contributed by atoms with van der Waals surface area (Å²) in [7, 11) is 0. The number of piperidine rings is 1. The minimum atomic E-state index is -0.408. The first kappa shape index (κ1) is 13.8. The molecule has 2 aliphatic rings. The van der Waals surface area contributed by atoms with Gasteiger partial charge in [-0.15, -0.1) is 0 Å². The third-order valence-electron chi connectivity index (χ3n) is 4.00. The number of nitrogens with one attached hydrogen (secondary N) is 1. The summed E-state index contributed by atoms with van der Waals surface area (Å²) in [4.78, 5) is 38.8. The molecule has 0 saturated carbocycles. The first-order valence-corrected chi connectivity index (χ1v) is 6.84. The highest BCUT2D eigenvalue weighted by atomic mass is 16.2. The summed E-state index contributed by atoms with van der Waals surface area (Å²) < 4.78 is 0. The van der Waals surface area contributed by atoms with Crippen LogP contribution < -0.4 is 5.32 Å². The Balaban J connectivity index is 2.02. The lowest BCUT2D eigenvalue weighted by Crippen LogP contribution is -2.58. The van der Waals surface area contributed by atoms with E-state index < -0.39 is 6.04 Å². The summed E-state index contributed by atoms with van der Waals surface area (Å²) in [6.07, 6.45) is 1.65. The van der Waals surface area contributed by atoms with Gasteiger partial charge in [0.1, 0.15) is 6.04 Å². The van der Waals surface area contributed by atoms with E-state index in [4.69, 9.17) is 0 Å². The summed E-state index contributed by atoms with van der Waals surface area (Å²) in [6.45, 7) is 5.57. The van der Waals surface area contributed by atoms with Crippen molar-refractivity contribution in [2.45, 2.75) is 32.7 Å². The molecule has 0 spiro atoms. The van der Waals surface area contributed by atoms with E-state index in [9.17, 15) is 14.4 Å². The minimum absolute atomic E-state index is 0.00769. The molecule has 6 nitrogen and oxygen atoms in total. The molecule has 2 atom stereocenters. The van der Waals surface area contributed by atoms with Gasteiger partial charge < -0.3 is 15.1 Å². The van der Waals surface area contributed by atoms with E-state index in [1.165, 1.54) is 6.92 Å². The van der Waals surface area contributed by atoms with Crippen molar-refractivity contribution in [3.05, 3.63) is 0 Å². The Bertz CT molecular complexity index is 397. The Hall–Kier alpha value is -1.59. The second-order valence-electron chi connectivity index (χ2n) is 5.30. The van der Waals surface area contributed by atoms with Crippen LogP contribution in [-0.2, 0) is 14.4 Å². The van der Waals surface area contributed by atoms with E-state index in [0.29, 0.717) is 19.6 Å². The van der Waals surface area contributed by atoms with Crippen LogP contribution in [0.3, 0.4) is 0 Å². The zero-order chi connectivity index (χ0) is 14.0. The van der Waals surface area contributed by atoms with Crippen molar-refractivity contribution in [3.8, 4) is 0 Å². The molecule has 2 heterocycles. The van der Waals surface area contributed by atoms with Crippen molar-refractivity contribution >= 4 is 17.7 Å². The summed E-state index contributed by atoms with van der Waals surface area (Å²) >= 11 is 0. The maximum absolute atomic E-state index is 12.5. The van der Waals surface area contributed by atoms with Gasteiger partial charge in [-0.25, -0.2) is 0 Å². The van der Waals surface area contributed by atoms with Crippen molar-refractivity contribution < 1.29 is 14.4 Å². The molecule has 0 radical (unpaired) electrons. The van der Waals surface area contributed by atoms with Gasteiger partial charge in [0.05, 0.1) is 5.92 Å². The number of hydrogen-bond donors (Lipinski definition) is 1. The van der Waals surface area contributed by atoms with E-state index in [2.05, 4.69) is 5.32 Å². The van der Waals surface area contributed by atoms with Gasteiger partial charge in [-0.2, -0.15) is 0 Å². The Morgan fingerprint density at radius 1 is 1.32 bits per heavy atom. The van der Waals surface area contributed by atoms with E-state index in [0.717, 1.165) is 19.4 Å². The second-order valence-corrected chi connectivity index (χ2v) is 5.30. The predicted molar refractivity (Wildman–Crippen MR) is 69.2 cm³/mol. The van der Waals surface area contributed by atoms with Crippen LogP contribution in [0.15, 0.2) is 0 Å². The molecule has 3 amide bonds. The van der Waals surface area contributed by atoms with Crippen molar-refractivity contribution in [2.24, 2.45) is 5.92 Å².